The SMILES string of the molecule is Cc1cccc(C(=O)N2CCC[C@@H](c3nc4ccccc4s3)C2)c1. The first-order chi connectivity index (χ1) is 11.7. The van der Waals surface area contributed by atoms with Gasteiger partial charge in [-0.1, -0.05) is 29.8 Å². The van der Waals surface area contributed by atoms with Crippen LogP contribution in [0, 0.1) is 6.92 Å². The number of para-hydroxylation sites is 1. The van der Waals surface area contributed by atoms with E-state index >= 15 is 0 Å². The van der Waals surface area contributed by atoms with Crippen molar-refractivity contribution in [2.24, 2.45) is 0 Å². The summed E-state index contributed by atoms with van der Waals surface area (Å²) in [4.78, 5) is 19.6. The quantitative estimate of drug-likeness (QED) is 0.684. The Balaban J connectivity index is 1.56. The van der Waals surface area contributed by atoms with E-state index in [9.17, 15) is 4.79 Å². The zero-order chi connectivity index (χ0) is 16.5. The van der Waals surface area contributed by atoms with Crippen LogP contribution in [0.3, 0.4) is 0 Å². The van der Waals surface area contributed by atoms with Crippen LogP contribution in [0.15, 0.2) is 48.5 Å². The van der Waals surface area contributed by atoms with Gasteiger partial charge in [0.25, 0.3) is 5.91 Å². The van der Waals surface area contributed by atoms with E-state index in [1.165, 1.54) is 4.70 Å². The molecule has 1 saturated heterocycles. The lowest BCUT2D eigenvalue weighted by Gasteiger charge is -2.32. The standard InChI is InChI=1S/C20H20N2OS/c1-14-6-4-7-15(12-14)20(23)22-11-5-8-16(13-22)19-21-17-9-2-3-10-18(17)24-19/h2-4,6-7,9-10,12,16H,5,8,11,13H2,1H3/t16-/m1/s1. The number of aryl methyl sites for hydroxylation is 1. The number of amides is 1. The molecule has 0 aliphatic carbocycles. The molecule has 1 fully saturated rings. The van der Waals surface area contributed by atoms with Crippen molar-refractivity contribution in [3.05, 3.63) is 64.7 Å². The van der Waals surface area contributed by atoms with Crippen molar-refractivity contribution in [1.29, 1.82) is 0 Å². The number of carbonyl (C=O) groups excluding carboxylic acids is 1. The van der Waals surface area contributed by atoms with Crippen molar-refractivity contribution < 1.29 is 4.79 Å². The van der Waals surface area contributed by atoms with Crippen molar-refractivity contribution >= 4 is 27.5 Å². The summed E-state index contributed by atoms with van der Waals surface area (Å²) >= 11 is 1.77. The summed E-state index contributed by atoms with van der Waals surface area (Å²) in [5.41, 5.74) is 2.99. The molecule has 4 heteroatoms. The first-order valence-electron chi connectivity index (χ1n) is 8.42. The first kappa shape index (κ1) is 15.3. The van der Waals surface area contributed by atoms with E-state index in [2.05, 4.69) is 18.2 Å². The van der Waals surface area contributed by atoms with E-state index in [0.29, 0.717) is 5.92 Å². The molecule has 1 atom stereocenters. The summed E-state index contributed by atoms with van der Waals surface area (Å²) in [6.07, 6.45) is 2.15. The molecule has 3 aromatic rings. The van der Waals surface area contributed by atoms with Gasteiger partial charge in [-0.2, -0.15) is 0 Å². The van der Waals surface area contributed by atoms with Gasteiger partial charge in [-0.3, -0.25) is 4.79 Å². The Hall–Kier alpha value is -2.20. The molecule has 122 valence electrons. The summed E-state index contributed by atoms with van der Waals surface area (Å²) < 4.78 is 1.23. The Morgan fingerprint density at radius 3 is 2.92 bits per heavy atom. The summed E-state index contributed by atoms with van der Waals surface area (Å²) in [6.45, 7) is 3.64. The molecule has 0 N–H and O–H groups in total. The molecule has 24 heavy (non-hydrogen) atoms. The zero-order valence-corrected chi connectivity index (χ0v) is 14.6. The Morgan fingerprint density at radius 1 is 1.21 bits per heavy atom. The molecule has 1 aliphatic rings. The Bertz CT molecular complexity index is 853. The number of carbonyl (C=O) groups is 1. The summed E-state index contributed by atoms with van der Waals surface area (Å²) in [5, 5.41) is 1.16. The predicted molar refractivity (Wildman–Crippen MR) is 98.7 cm³/mol. The molecule has 1 aromatic heterocycles. The van der Waals surface area contributed by atoms with Crippen LogP contribution in [0.25, 0.3) is 10.2 Å². The van der Waals surface area contributed by atoms with Gasteiger partial charge in [0.05, 0.1) is 15.2 Å². The molecule has 1 aliphatic heterocycles. The molecule has 0 radical (unpaired) electrons. The molecule has 0 bridgehead atoms. The molecule has 3 nitrogen and oxygen atoms in total. The maximum atomic E-state index is 12.8. The van der Waals surface area contributed by atoms with Gasteiger partial charge in [0.15, 0.2) is 0 Å². The van der Waals surface area contributed by atoms with Gasteiger partial charge in [-0.15, -0.1) is 11.3 Å². The van der Waals surface area contributed by atoms with E-state index in [1.54, 1.807) is 11.3 Å². The van der Waals surface area contributed by atoms with E-state index in [1.807, 2.05) is 42.2 Å². The van der Waals surface area contributed by atoms with Crippen LogP contribution in [0.5, 0.6) is 0 Å². The zero-order valence-electron chi connectivity index (χ0n) is 13.7. The molecule has 2 heterocycles. The van der Waals surface area contributed by atoms with Crippen molar-refractivity contribution in [1.82, 2.24) is 9.88 Å². The number of fused-ring (bicyclic) bond motifs is 1. The number of piperidine rings is 1. The van der Waals surface area contributed by atoms with Crippen molar-refractivity contribution in [3.8, 4) is 0 Å². The lowest BCUT2D eigenvalue weighted by molar-refractivity contribution is 0.0707. The van der Waals surface area contributed by atoms with Gasteiger partial charge in [0.1, 0.15) is 0 Å². The Kier molecular flexibility index (Phi) is 4.07. The fourth-order valence-electron chi connectivity index (χ4n) is 3.39. The van der Waals surface area contributed by atoms with E-state index < -0.39 is 0 Å². The van der Waals surface area contributed by atoms with Gasteiger partial charge in [-0.25, -0.2) is 4.98 Å². The average Bonchev–Trinajstić information content (AvgIpc) is 3.05. The minimum atomic E-state index is 0.143. The molecule has 2 aromatic carbocycles. The molecule has 0 saturated carbocycles. The number of benzene rings is 2. The van der Waals surface area contributed by atoms with Crippen LogP contribution >= 0.6 is 11.3 Å². The third kappa shape index (κ3) is 2.94. The molecular weight excluding hydrogens is 316 g/mol. The Labute approximate surface area is 146 Å². The number of likely N-dealkylation sites (tertiary alicyclic amines) is 1. The maximum Gasteiger partial charge on any atom is 0.253 e. The highest BCUT2D eigenvalue weighted by atomic mass is 32.1. The van der Waals surface area contributed by atoms with Crippen LogP contribution in [-0.2, 0) is 0 Å². The highest BCUT2D eigenvalue weighted by Crippen LogP contribution is 2.33. The van der Waals surface area contributed by atoms with Gasteiger partial charge < -0.3 is 4.90 Å². The number of hydrogen-bond acceptors (Lipinski definition) is 3. The third-order valence-corrected chi connectivity index (χ3v) is 5.83. The largest absolute Gasteiger partial charge is 0.338 e. The van der Waals surface area contributed by atoms with E-state index in [-0.39, 0.29) is 5.91 Å². The second-order valence-corrected chi connectivity index (χ2v) is 7.54. The first-order valence-corrected chi connectivity index (χ1v) is 9.24. The topological polar surface area (TPSA) is 33.2 Å². The number of rotatable bonds is 2. The predicted octanol–water partition coefficient (Wildman–Crippen LogP) is 4.62. The van der Waals surface area contributed by atoms with Crippen molar-refractivity contribution in [2.75, 3.05) is 13.1 Å². The lowest BCUT2D eigenvalue weighted by Crippen LogP contribution is -2.39. The lowest BCUT2D eigenvalue weighted by atomic mass is 9.98. The van der Waals surface area contributed by atoms with Crippen molar-refractivity contribution in [3.63, 3.8) is 0 Å². The summed E-state index contributed by atoms with van der Waals surface area (Å²) in [6, 6.07) is 16.1. The van der Waals surface area contributed by atoms with Crippen LogP contribution in [0.1, 0.15) is 39.7 Å². The third-order valence-electron chi connectivity index (χ3n) is 4.63. The number of hydrogen-bond donors (Lipinski definition) is 0. The maximum absolute atomic E-state index is 12.8. The molecule has 0 unspecified atom stereocenters. The highest BCUT2D eigenvalue weighted by Gasteiger charge is 2.27. The second kappa shape index (κ2) is 6.36. The number of thiazole rings is 1. The molecule has 4 rings (SSSR count). The van der Waals surface area contributed by atoms with Crippen LogP contribution in [-0.4, -0.2) is 28.9 Å². The van der Waals surface area contributed by atoms with E-state index in [4.69, 9.17) is 4.98 Å². The summed E-state index contributed by atoms with van der Waals surface area (Å²) in [7, 11) is 0. The highest BCUT2D eigenvalue weighted by molar-refractivity contribution is 7.18. The van der Waals surface area contributed by atoms with Crippen LogP contribution in [0.2, 0.25) is 0 Å². The average molecular weight is 336 g/mol. The summed E-state index contributed by atoms with van der Waals surface area (Å²) in [5.74, 6) is 0.495. The van der Waals surface area contributed by atoms with Crippen molar-refractivity contribution in [2.45, 2.75) is 25.7 Å². The van der Waals surface area contributed by atoms with Crippen LogP contribution in [0.4, 0.5) is 0 Å². The minimum absolute atomic E-state index is 0.143. The van der Waals surface area contributed by atoms with Gasteiger partial charge in [-0.05, 0) is 44.0 Å². The molecule has 0 spiro atoms. The molecular formula is C20H20N2OS. The van der Waals surface area contributed by atoms with E-state index in [0.717, 1.165) is 47.6 Å². The number of aromatic nitrogens is 1. The normalized spacial score (nSPS) is 18.0. The monoisotopic (exact) mass is 336 g/mol. The van der Waals surface area contributed by atoms with Gasteiger partial charge in [0.2, 0.25) is 0 Å². The fraction of sp³-hybridized carbons (Fsp3) is 0.300. The van der Waals surface area contributed by atoms with Gasteiger partial charge >= 0.3 is 0 Å². The van der Waals surface area contributed by atoms with Crippen LogP contribution < -0.4 is 0 Å². The fourth-order valence-corrected chi connectivity index (χ4v) is 4.48. The van der Waals surface area contributed by atoms with Gasteiger partial charge in [0, 0.05) is 24.6 Å². The Morgan fingerprint density at radius 2 is 2.08 bits per heavy atom. The second-order valence-electron chi connectivity index (χ2n) is 6.48. The smallest absolute Gasteiger partial charge is 0.253 e. The number of nitrogens with zero attached hydrogens (tertiary/aromatic N) is 2. The molecule has 1 amide bonds. The minimum Gasteiger partial charge on any atom is -0.338 e.